The first-order valence-corrected chi connectivity index (χ1v) is 20.1. The van der Waals surface area contributed by atoms with Crippen LogP contribution in [0.1, 0.15) is 72.9 Å². The monoisotopic (exact) mass is 718 g/mol. The molecule has 2 unspecified atom stereocenters. The van der Waals surface area contributed by atoms with E-state index in [1.165, 1.54) is 90.1 Å². The molecule has 0 spiro atoms. The van der Waals surface area contributed by atoms with E-state index in [9.17, 15) is 5.26 Å². The molecule has 3 aliphatic rings. The van der Waals surface area contributed by atoms with Gasteiger partial charge in [-0.15, -0.1) is 0 Å². The molecule has 0 bridgehead atoms. The minimum Gasteiger partial charge on any atom is -0.334 e. The Kier molecular flexibility index (Phi) is 7.08. The fraction of sp³-hybridized carbons (Fsp3) is 0.167. The maximum absolute atomic E-state index is 9.56. The van der Waals surface area contributed by atoms with Crippen molar-refractivity contribution in [2.45, 2.75) is 55.9 Å². The Morgan fingerprint density at radius 2 is 1.18 bits per heavy atom. The average molecular weight is 719 g/mol. The summed E-state index contributed by atoms with van der Waals surface area (Å²) in [6, 6.07) is 65.6. The molecule has 0 radical (unpaired) electrons. The van der Waals surface area contributed by atoms with Crippen LogP contribution in [0.4, 0.5) is 11.4 Å². The Morgan fingerprint density at radius 3 is 1.91 bits per heavy atom. The van der Waals surface area contributed by atoms with Gasteiger partial charge in [0.05, 0.1) is 22.6 Å². The second kappa shape index (κ2) is 12.0. The zero-order valence-electron chi connectivity index (χ0n) is 31.9. The lowest BCUT2D eigenvalue weighted by atomic mass is 9.61. The zero-order valence-corrected chi connectivity index (χ0v) is 31.9. The van der Waals surface area contributed by atoms with Crippen LogP contribution >= 0.6 is 0 Å². The first-order valence-electron chi connectivity index (χ1n) is 20.1. The molecule has 0 aromatic heterocycles. The first-order chi connectivity index (χ1) is 27.5. The van der Waals surface area contributed by atoms with Crippen molar-refractivity contribution in [2.24, 2.45) is 0 Å². The van der Waals surface area contributed by atoms with Crippen LogP contribution in [0, 0.1) is 11.3 Å². The molecular weight excluding hydrogens is 677 g/mol. The summed E-state index contributed by atoms with van der Waals surface area (Å²) in [6.45, 7) is 4.97. The van der Waals surface area contributed by atoms with Gasteiger partial charge in [0.15, 0.2) is 0 Å². The van der Waals surface area contributed by atoms with Crippen LogP contribution in [0.25, 0.3) is 43.8 Å². The van der Waals surface area contributed by atoms with Crippen LogP contribution in [0.3, 0.4) is 0 Å². The quantitative estimate of drug-likeness (QED) is 0.169. The summed E-state index contributed by atoms with van der Waals surface area (Å²) in [5.41, 5.74) is 14.4. The van der Waals surface area contributed by atoms with Crippen LogP contribution in [0.5, 0.6) is 0 Å². The van der Waals surface area contributed by atoms with Gasteiger partial charge in [-0.1, -0.05) is 147 Å². The summed E-state index contributed by atoms with van der Waals surface area (Å²) in [7, 11) is 0. The molecular formula is C54H42N2. The van der Waals surface area contributed by atoms with Crippen molar-refractivity contribution < 1.29 is 0 Å². The fourth-order valence-electron chi connectivity index (χ4n) is 11.3. The number of nitriles is 1. The Morgan fingerprint density at radius 1 is 0.536 bits per heavy atom. The Bertz CT molecular complexity index is 2860. The molecule has 1 saturated carbocycles. The van der Waals surface area contributed by atoms with Crippen LogP contribution in [0.2, 0.25) is 0 Å². The number of nitrogens with zero attached hydrogens (tertiary/aromatic N) is 2. The minimum absolute atomic E-state index is 0.0169. The Hall–Kier alpha value is -6.43. The molecule has 0 saturated heterocycles. The van der Waals surface area contributed by atoms with E-state index < -0.39 is 5.41 Å². The second-order valence-corrected chi connectivity index (χ2v) is 16.7. The number of benzene rings is 8. The topological polar surface area (TPSA) is 27.0 Å². The summed E-state index contributed by atoms with van der Waals surface area (Å²) in [6.07, 6.45) is 4.73. The van der Waals surface area contributed by atoms with E-state index in [-0.39, 0.29) is 11.0 Å². The van der Waals surface area contributed by atoms with Crippen molar-refractivity contribution in [2.75, 3.05) is 4.90 Å². The van der Waals surface area contributed by atoms with Gasteiger partial charge in [-0.2, -0.15) is 5.26 Å². The van der Waals surface area contributed by atoms with E-state index in [2.05, 4.69) is 183 Å². The van der Waals surface area contributed by atoms with Gasteiger partial charge in [0, 0.05) is 16.8 Å². The highest BCUT2D eigenvalue weighted by atomic mass is 15.3. The molecule has 0 amide bonds. The fourth-order valence-corrected chi connectivity index (χ4v) is 11.3. The molecule has 56 heavy (non-hydrogen) atoms. The summed E-state index contributed by atoms with van der Waals surface area (Å²) < 4.78 is 0. The second-order valence-electron chi connectivity index (χ2n) is 16.7. The van der Waals surface area contributed by atoms with Crippen molar-refractivity contribution in [3.05, 3.63) is 203 Å². The third kappa shape index (κ3) is 4.32. The van der Waals surface area contributed by atoms with Crippen molar-refractivity contribution in [1.29, 1.82) is 5.26 Å². The van der Waals surface area contributed by atoms with Crippen molar-refractivity contribution in [3.63, 3.8) is 0 Å². The number of hydrogen-bond donors (Lipinski definition) is 0. The average Bonchev–Trinajstić information content (AvgIpc) is 3.67. The highest BCUT2D eigenvalue weighted by molar-refractivity contribution is 6.14. The zero-order chi connectivity index (χ0) is 37.6. The van der Waals surface area contributed by atoms with Gasteiger partial charge in [0.25, 0.3) is 0 Å². The van der Waals surface area contributed by atoms with Crippen molar-refractivity contribution >= 4 is 32.9 Å². The molecule has 0 N–H and O–H groups in total. The summed E-state index contributed by atoms with van der Waals surface area (Å²) >= 11 is 0. The van der Waals surface area contributed by atoms with E-state index in [1.807, 2.05) is 12.1 Å². The first kappa shape index (κ1) is 33.0. The van der Waals surface area contributed by atoms with Crippen LogP contribution in [0.15, 0.2) is 170 Å². The molecule has 2 aliphatic carbocycles. The van der Waals surface area contributed by atoms with Gasteiger partial charge in [0.1, 0.15) is 0 Å². The van der Waals surface area contributed by atoms with Crippen LogP contribution < -0.4 is 4.90 Å². The lowest BCUT2D eigenvalue weighted by Crippen LogP contribution is -2.54. The summed E-state index contributed by atoms with van der Waals surface area (Å²) in [5, 5.41) is 14.7. The molecule has 8 aromatic rings. The van der Waals surface area contributed by atoms with Crippen LogP contribution in [-0.4, -0.2) is 5.54 Å². The smallest absolute Gasteiger partial charge is 0.0991 e. The summed E-state index contributed by atoms with van der Waals surface area (Å²) in [5.74, 6) is 0. The lowest BCUT2D eigenvalue weighted by Gasteiger charge is -2.50. The molecule has 1 fully saturated rings. The maximum Gasteiger partial charge on any atom is 0.0991 e. The number of hydrogen-bond acceptors (Lipinski definition) is 2. The Labute approximate surface area is 329 Å². The molecule has 11 rings (SSSR count). The molecule has 1 heterocycles. The van der Waals surface area contributed by atoms with E-state index in [4.69, 9.17) is 0 Å². The third-order valence-electron chi connectivity index (χ3n) is 14.1. The SMILES string of the molecule is CC12CCCCC1(C)N(c1ccc(C#N)cc1)c1ccc(-c3ccc4c(c3)C(c3ccccc3)(c3ccccc3)c3ccc5c(ccc6ccccc65)c3-4)cc12. The molecule has 2 nitrogen and oxygen atoms in total. The van der Waals surface area contributed by atoms with Gasteiger partial charge in [0.2, 0.25) is 0 Å². The standard InChI is InChI=1S/C54H42N2/c1-52-31-11-12-32-53(52,2)56(42-24-19-36(35-55)20-25-42)50-30-23-39(34-49(50)52)38-22-27-46-48(33-38)54(40-14-5-3-6-15-40,41-16-7-4-8-17-41)47-29-28-44-43-18-10-9-13-37(43)21-26-45(44)51(46)47/h3-10,13-30,33-34H,11-12,31-32H2,1-2H3. The predicted octanol–water partition coefficient (Wildman–Crippen LogP) is 13.6. The maximum atomic E-state index is 9.56. The highest BCUT2D eigenvalue weighted by Gasteiger charge is 2.57. The third-order valence-corrected chi connectivity index (χ3v) is 14.1. The molecule has 8 aromatic carbocycles. The number of rotatable bonds is 4. The van der Waals surface area contributed by atoms with E-state index >= 15 is 0 Å². The van der Waals surface area contributed by atoms with Gasteiger partial charge < -0.3 is 4.90 Å². The molecule has 268 valence electrons. The van der Waals surface area contributed by atoms with Crippen molar-refractivity contribution in [3.8, 4) is 28.3 Å². The summed E-state index contributed by atoms with van der Waals surface area (Å²) in [4.78, 5) is 2.59. The van der Waals surface area contributed by atoms with Gasteiger partial charge in [-0.25, -0.2) is 0 Å². The minimum atomic E-state index is -0.500. The van der Waals surface area contributed by atoms with Crippen molar-refractivity contribution in [1.82, 2.24) is 0 Å². The predicted molar refractivity (Wildman–Crippen MR) is 232 cm³/mol. The van der Waals surface area contributed by atoms with E-state index in [1.54, 1.807) is 0 Å². The van der Waals surface area contributed by atoms with E-state index in [0.29, 0.717) is 5.56 Å². The molecule has 2 atom stereocenters. The van der Waals surface area contributed by atoms with Gasteiger partial charge in [-0.05, 0) is 134 Å². The van der Waals surface area contributed by atoms with E-state index in [0.717, 1.165) is 18.5 Å². The normalized spacial score (nSPS) is 20.3. The largest absolute Gasteiger partial charge is 0.334 e. The van der Waals surface area contributed by atoms with Crippen LogP contribution in [-0.2, 0) is 10.8 Å². The highest BCUT2D eigenvalue weighted by Crippen LogP contribution is 2.62. The number of anilines is 2. The van der Waals surface area contributed by atoms with Gasteiger partial charge in [-0.3, -0.25) is 0 Å². The molecule has 1 aliphatic heterocycles. The Balaban J connectivity index is 1.16. The van der Waals surface area contributed by atoms with Gasteiger partial charge >= 0.3 is 0 Å². The molecule has 2 heteroatoms. The number of fused-ring (bicyclic) bond motifs is 10. The lowest BCUT2D eigenvalue weighted by molar-refractivity contribution is 0.195.